The van der Waals surface area contributed by atoms with Gasteiger partial charge >= 0.3 is 0 Å². The van der Waals surface area contributed by atoms with E-state index in [4.69, 9.17) is 11.6 Å². The molecule has 1 aliphatic heterocycles. The molecular formula is C18H20ClFN2O4S2. The van der Waals surface area contributed by atoms with E-state index in [1.54, 1.807) is 12.1 Å². The third kappa shape index (κ3) is 4.23. The average molecular weight is 447 g/mol. The molecule has 1 heterocycles. The molecule has 0 spiro atoms. The zero-order chi connectivity index (χ0) is 20.5. The fourth-order valence-electron chi connectivity index (χ4n) is 3.06. The van der Waals surface area contributed by atoms with Gasteiger partial charge in [0.15, 0.2) is 0 Å². The Labute approximate surface area is 169 Å². The summed E-state index contributed by atoms with van der Waals surface area (Å²) in [6.45, 7) is 2.18. The molecule has 0 saturated carbocycles. The summed E-state index contributed by atoms with van der Waals surface area (Å²) in [7, 11) is -7.67. The Bertz CT molecular complexity index is 1070. The number of hydrogen-bond donors (Lipinski definition) is 0. The van der Waals surface area contributed by atoms with E-state index < -0.39 is 25.9 Å². The van der Waals surface area contributed by atoms with Crippen molar-refractivity contribution in [3.05, 3.63) is 58.9 Å². The van der Waals surface area contributed by atoms with Gasteiger partial charge in [-0.25, -0.2) is 21.2 Å². The van der Waals surface area contributed by atoms with E-state index in [0.29, 0.717) is 6.42 Å². The Hall–Kier alpha value is -1.52. The van der Waals surface area contributed by atoms with Crippen LogP contribution in [0.3, 0.4) is 0 Å². The minimum absolute atomic E-state index is 0.00240. The third-order valence-corrected chi connectivity index (χ3v) is 8.86. The van der Waals surface area contributed by atoms with Crippen molar-refractivity contribution in [2.45, 2.75) is 23.1 Å². The molecule has 28 heavy (non-hydrogen) atoms. The van der Waals surface area contributed by atoms with Gasteiger partial charge in [-0.05, 0) is 55.3 Å². The van der Waals surface area contributed by atoms with Gasteiger partial charge in [-0.3, -0.25) is 0 Å². The minimum Gasteiger partial charge on any atom is -0.207 e. The zero-order valence-corrected chi connectivity index (χ0v) is 17.6. The number of benzene rings is 2. The van der Waals surface area contributed by atoms with Crippen molar-refractivity contribution < 1.29 is 21.2 Å². The van der Waals surface area contributed by atoms with Gasteiger partial charge in [0.05, 0.1) is 9.92 Å². The third-order valence-electron chi connectivity index (χ3n) is 4.57. The van der Waals surface area contributed by atoms with E-state index in [1.165, 1.54) is 26.8 Å². The Morgan fingerprint density at radius 2 is 1.43 bits per heavy atom. The van der Waals surface area contributed by atoms with Crippen LogP contribution in [0, 0.1) is 12.7 Å². The molecule has 0 amide bonds. The molecule has 1 fully saturated rings. The van der Waals surface area contributed by atoms with Crippen molar-refractivity contribution in [3.8, 4) is 0 Å². The normalized spacial score (nSPS) is 17.4. The highest BCUT2D eigenvalue weighted by Crippen LogP contribution is 2.27. The van der Waals surface area contributed by atoms with Crippen LogP contribution in [0.25, 0.3) is 0 Å². The molecule has 1 saturated heterocycles. The van der Waals surface area contributed by atoms with E-state index in [1.807, 2.05) is 6.92 Å². The molecule has 0 aromatic heterocycles. The molecule has 3 rings (SSSR count). The van der Waals surface area contributed by atoms with Crippen LogP contribution in [-0.4, -0.2) is 51.6 Å². The topological polar surface area (TPSA) is 74.8 Å². The highest BCUT2D eigenvalue weighted by Gasteiger charge is 2.32. The van der Waals surface area contributed by atoms with Crippen LogP contribution in [0.15, 0.2) is 52.3 Å². The predicted molar refractivity (Wildman–Crippen MR) is 105 cm³/mol. The first kappa shape index (κ1) is 21.2. The van der Waals surface area contributed by atoms with Crippen LogP contribution in [0.4, 0.5) is 4.39 Å². The lowest BCUT2D eigenvalue weighted by Crippen LogP contribution is -2.37. The maximum absolute atomic E-state index is 13.1. The summed E-state index contributed by atoms with van der Waals surface area (Å²) in [6, 6.07) is 9.29. The summed E-state index contributed by atoms with van der Waals surface area (Å²) < 4.78 is 67.1. The van der Waals surface area contributed by atoms with Gasteiger partial charge in [0.2, 0.25) is 20.0 Å². The lowest BCUT2D eigenvalue weighted by Gasteiger charge is -2.22. The van der Waals surface area contributed by atoms with Crippen molar-refractivity contribution in [3.63, 3.8) is 0 Å². The highest BCUT2D eigenvalue weighted by atomic mass is 35.5. The van der Waals surface area contributed by atoms with Crippen molar-refractivity contribution in [1.29, 1.82) is 0 Å². The van der Waals surface area contributed by atoms with E-state index >= 15 is 0 Å². The maximum Gasteiger partial charge on any atom is 0.244 e. The smallest absolute Gasteiger partial charge is 0.207 e. The second kappa shape index (κ2) is 8.08. The van der Waals surface area contributed by atoms with Crippen molar-refractivity contribution in [2.75, 3.05) is 26.2 Å². The zero-order valence-electron chi connectivity index (χ0n) is 15.2. The lowest BCUT2D eigenvalue weighted by atomic mass is 10.2. The Balaban J connectivity index is 1.82. The van der Waals surface area contributed by atoms with Crippen LogP contribution < -0.4 is 0 Å². The number of halogens is 2. The first-order chi connectivity index (χ1) is 13.1. The quantitative estimate of drug-likeness (QED) is 0.723. The van der Waals surface area contributed by atoms with Gasteiger partial charge in [0, 0.05) is 26.2 Å². The summed E-state index contributed by atoms with van der Waals surface area (Å²) in [4.78, 5) is -0.0126. The molecule has 2 aromatic carbocycles. The molecule has 10 heteroatoms. The summed E-state index contributed by atoms with van der Waals surface area (Å²) in [5.41, 5.74) is 0.844. The Morgan fingerprint density at radius 1 is 0.857 bits per heavy atom. The van der Waals surface area contributed by atoms with Crippen molar-refractivity contribution in [1.82, 2.24) is 8.61 Å². The standard InChI is InChI=1S/C18H20ClFN2O4S2/c1-14-3-8-18(17(19)13-14)28(25,26)22-10-2-9-21(11-12-22)27(23,24)16-6-4-15(20)5-7-16/h3-8,13H,2,9-12H2,1H3. The molecule has 0 atom stereocenters. The monoisotopic (exact) mass is 446 g/mol. The first-order valence-electron chi connectivity index (χ1n) is 8.64. The van der Waals surface area contributed by atoms with Crippen molar-refractivity contribution >= 4 is 31.6 Å². The van der Waals surface area contributed by atoms with Crippen molar-refractivity contribution in [2.24, 2.45) is 0 Å². The van der Waals surface area contributed by atoms with Gasteiger partial charge in [0.1, 0.15) is 10.7 Å². The van der Waals surface area contributed by atoms with Gasteiger partial charge < -0.3 is 0 Å². The maximum atomic E-state index is 13.1. The Kier molecular flexibility index (Phi) is 6.11. The second-order valence-electron chi connectivity index (χ2n) is 6.55. The number of hydrogen-bond acceptors (Lipinski definition) is 4. The summed E-state index contributed by atoms with van der Waals surface area (Å²) in [5.74, 6) is -0.526. The molecule has 0 radical (unpaired) electrons. The van der Waals surface area contributed by atoms with E-state index in [2.05, 4.69) is 0 Å². The van der Waals surface area contributed by atoms with Gasteiger partial charge in [-0.1, -0.05) is 17.7 Å². The number of aryl methyl sites for hydroxylation is 1. The molecule has 6 nitrogen and oxygen atoms in total. The van der Waals surface area contributed by atoms with Gasteiger partial charge in [0.25, 0.3) is 0 Å². The van der Waals surface area contributed by atoms with E-state index in [9.17, 15) is 21.2 Å². The molecule has 0 aliphatic carbocycles. The van der Waals surface area contributed by atoms with Crippen LogP contribution in [-0.2, 0) is 20.0 Å². The predicted octanol–water partition coefficient (Wildman–Crippen LogP) is 2.87. The Morgan fingerprint density at radius 3 is 2.00 bits per heavy atom. The lowest BCUT2D eigenvalue weighted by molar-refractivity contribution is 0.404. The molecule has 0 unspecified atom stereocenters. The van der Waals surface area contributed by atoms with E-state index in [0.717, 1.165) is 17.7 Å². The molecule has 0 N–H and O–H groups in total. The van der Waals surface area contributed by atoms with Crippen LogP contribution >= 0.6 is 11.6 Å². The summed E-state index contributed by atoms with van der Waals surface area (Å²) in [6.07, 6.45) is 0.336. The highest BCUT2D eigenvalue weighted by molar-refractivity contribution is 7.89. The van der Waals surface area contributed by atoms with Gasteiger partial charge in [-0.2, -0.15) is 8.61 Å². The minimum atomic E-state index is -3.84. The second-order valence-corrected chi connectivity index (χ2v) is 10.8. The first-order valence-corrected chi connectivity index (χ1v) is 11.9. The number of sulfonamides is 2. The fraction of sp³-hybridized carbons (Fsp3) is 0.333. The van der Waals surface area contributed by atoms with E-state index in [-0.39, 0.29) is 41.0 Å². The SMILES string of the molecule is Cc1ccc(S(=O)(=O)N2CCCN(S(=O)(=O)c3ccc(F)cc3)CC2)c(Cl)c1. The van der Waals surface area contributed by atoms with Gasteiger partial charge in [-0.15, -0.1) is 0 Å². The molecule has 0 bridgehead atoms. The molecular weight excluding hydrogens is 427 g/mol. The average Bonchev–Trinajstić information content (AvgIpc) is 2.89. The summed E-state index contributed by atoms with van der Waals surface area (Å²) >= 11 is 6.13. The number of rotatable bonds is 4. The molecule has 152 valence electrons. The largest absolute Gasteiger partial charge is 0.244 e. The van der Waals surface area contributed by atoms with Crippen LogP contribution in [0.2, 0.25) is 5.02 Å². The molecule has 1 aliphatic rings. The summed E-state index contributed by atoms with van der Waals surface area (Å²) in [5, 5.41) is 0.139. The number of nitrogens with zero attached hydrogens (tertiary/aromatic N) is 2. The van der Waals surface area contributed by atoms with Crippen LogP contribution in [0.5, 0.6) is 0 Å². The van der Waals surface area contributed by atoms with Crippen LogP contribution in [0.1, 0.15) is 12.0 Å². The molecule has 2 aromatic rings. The fourth-order valence-corrected chi connectivity index (χ4v) is 6.57.